The molecule has 13 heavy (non-hydrogen) atoms. The third-order valence-corrected chi connectivity index (χ3v) is 1.22. The van der Waals surface area contributed by atoms with Crippen LogP contribution in [0.1, 0.15) is 0 Å². The molecular weight excluding hydrogens is 178 g/mol. The average molecular weight is 190 g/mol. The molecule has 0 spiro atoms. The third kappa shape index (κ3) is 3.68. The second-order valence-corrected chi connectivity index (χ2v) is 2.21. The van der Waals surface area contributed by atoms with Crippen LogP contribution in [0.2, 0.25) is 0 Å². The van der Waals surface area contributed by atoms with Crippen molar-refractivity contribution in [2.45, 2.75) is 6.43 Å². The maximum absolute atomic E-state index is 12.4. The van der Waals surface area contributed by atoms with Crippen LogP contribution < -0.4 is 5.73 Å². The summed E-state index contributed by atoms with van der Waals surface area (Å²) in [7, 11) is 2.62. The fourth-order valence-electron chi connectivity index (χ4n) is 0.756. The Kier molecular flexibility index (Phi) is 4.72. The van der Waals surface area contributed by atoms with Gasteiger partial charge in [-0.15, -0.1) is 0 Å². The van der Waals surface area contributed by atoms with Crippen molar-refractivity contribution in [2.24, 2.45) is 10.7 Å². The minimum absolute atomic E-state index is 0.0356. The topological polar surface area (TPSA) is 47.6 Å². The third-order valence-electron chi connectivity index (χ3n) is 1.22. The smallest absolute Gasteiger partial charge is 0.269 e. The fourth-order valence-corrected chi connectivity index (χ4v) is 0.756. The molecule has 5 heteroatoms. The number of rotatable bonds is 3. The molecule has 3 nitrogen and oxygen atoms in total. The molecule has 0 bridgehead atoms. The summed E-state index contributed by atoms with van der Waals surface area (Å²) in [5.74, 6) is -0.137. The Bertz CT molecular complexity index is 247. The minimum atomic E-state index is -2.68. The lowest BCUT2D eigenvalue weighted by Crippen LogP contribution is -2.13. The zero-order valence-corrected chi connectivity index (χ0v) is 7.55. The van der Waals surface area contributed by atoms with Crippen molar-refractivity contribution < 1.29 is 13.5 Å². The molecule has 0 saturated carbocycles. The van der Waals surface area contributed by atoms with Crippen molar-refractivity contribution >= 4 is 5.90 Å². The van der Waals surface area contributed by atoms with Gasteiger partial charge in [-0.05, 0) is 6.08 Å². The van der Waals surface area contributed by atoms with E-state index in [4.69, 9.17) is 5.73 Å². The van der Waals surface area contributed by atoms with E-state index in [1.165, 1.54) is 14.2 Å². The maximum Gasteiger partial charge on any atom is 0.269 e. The van der Waals surface area contributed by atoms with Gasteiger partial charge in [0.05, 0.1) is 12.7 Å². The van der Waals surface area contributed by atoms with Crippen molar-refractivity contribution in [3.05, 3.63) is 23.9 Å². The van der Waals surface area contributed by atoms with Crippen LogP contribution in [0.15, 0.2) is 28.9 Å². The number of aliphatic imine (C=N–C) groups is 1. The van der Waals surface area contributed by atoms with Crippen molar-refractivity contribution in [3.8, 4) is 0 Å². The molecule has 0 radical (unpaired) electrons. The van der Waals surface area contributed by atoms with Gasteiger partial charge < -0.3 is 10.5 Å². The number of hydrogen-bond acceptors (Lipinski definition) is 3. The Morgan fingerprint density at radius 3 is 2.38 bits per heavy atom. The highest BCUT2D eigenvalue weighted by molar-refractivity contribution is 5.94. The zero-order valence-electron chi connectivity index (χ0n) is 7.55. The van der Waals surface area contributed by atoms with Gasteiger partial charge in [-0.25, -0.2) is 8.78 Å². The minimum Gasteiger partial charge on any atom is -0.481 e. The Morgan fingerprint density at radius 1 is 1.62 bits per heavy atom. The summed E-state index contributed by atoms with van der Waals surface area (Å²) in [5, 5.41) is 0. The number of allylic oxidation sites excluding steroid dienone is 1. The van der Waals surface area contributed by atoms with E-state index in [1.807, 2.05) is 0 Å². The van der Waals surface area contributed by atoms with Gasteiger partial charge in [0, 0.05) is 12.7 Å². The second-order valence-electron chi connectivity index (χ2n) is 2.21. The molecule has 0 heterocycles. The normalized spacial score (nSPS) is 13.3. The fraction of sp³-hybridized carbons (Fsp3) is 0.375. The maximum atomic E-state index is 12.4. The van der Waals surface area contributed by atoms with Crippen LogP contribution in [-0.2, 0) is 4.74 Å². The summed E-state index contributed by atoms with van der Waals surface area (Å²) in [5.41, 5.74) is 4.84. The van der Waals surface area contributed by atoms with Crippen LogP contribution in [0.25, 0.3) is 0 Å². The van der Waals surface area contributed by atoms with E-state index in [-0.39, 0.29) is 17.2 Å². The molecule has 0 amide bonds. The number of methoxy groups -OCH3 is 1. The van der Waals surface area contributed by atoms with E-state index in [1.54, 1.807) is 0 Å². The lowest BCUT2D eigenvalue weighted by Gasteiger charge is -2.07. The quantitative estimate of drug-likeness (QED) is 0.414. The van der Waals surface area contributed by atoms with Gasteiger partial charge >= 0.3 is 0 Å². The highest BCUT2D eigenvalue weighted by atomic mass is 19.3. The second kappa shape index (κ2) is 5.29. The molecule has 74 valence electrons. The molecule has 0 atom stereocenters. The molecule has 0 saturated heterocycles. The van der Waals surface area contributed by atoms with E-state index in [2.05, 4.69) is 16.3 Å². The molecule has 0 aromatic carbocycles. The van der Waals surface area contributed by atoms with Crippen LogP contribution >= 0.6 is 0 Å². The van der Waals surface area contributed by atoms with Gasteiger partial charge in [0.25, 0.3) is 6.43 Å². The van der Waals surface area contributed by atoms with Crippen LogP contribution in [0.4, 0.5) is 8.78 Å². The molecular formula is C8H12F2N2O. The number of halogens is 2. The van der Waals surface area contributed by atoms with Gasteiger partial charge in [-0.2, -0.15) is 0 Å². The molecule has 0 aliphatic rings. The summed E-state index contributed by atoms with van der Waals surface area (Å²) >= 11 is 0. The van der Waals surface area contributed by atoms with Crippen LogP contribution in [-0.4, -0.2) is 26.5 Å². The molecule has 0 fully saturated rings. The zero-order chi connectivity index (χ0) is 10.4. The summed E-state index contributed by atoms with van der Waals surface area (Å²) in [6.45, 7) is 3.29. The molecule has 0 aliphatic carbocycles. The molecule has 0 unspecified atom stereocenters. The first-order valence-electron chi connectivity index (χ1n) is 3.48. The molecule has 0 aromatic heterocycles. The number of nitrogens with two attached hydrogens (primary N) is 1. The summed E-state index contributed by atoms with van der Waals surface area (Å²) in [4.78, 5) is 3.53. The Balaban J connectivity index is 4.91. The van der Waals surface area contributed by atoms with Gasteiger partial charge in [0.1, 0.15) is 0 Å². The van der Waals surface area contributed by atoms with Crippen LogP contribution in [0, 0.1) is 0 Å². The van der Waals surface area contributed by atoms with Gasteiger partial charge in [-0.1, -0.05) is 6.58 Å². The highest BCUT2D eigenvalue weighted by Crippen LogP contribution is 2.12. The number of alkyl halides is 2. The van der Waals surface area contributed by atoms with Crippen LogP contribution in [0.3, 0.4) is 0 Å². The summed E-state index contributed by atoms with van der Waals surface area (Å²) < 4.78 is 29.3. The first-order valence-corrected chi connectivity index (χ1v) is 3.48. The van der Waals surface area contributed by atoms with Crippen molar-refractivity contribution in [1.29, 1.82) is 0 Å². The number of ether oxygens (including phenoxy) is 1. The van der Waals surface area contributed by atoms with Gasteiger partial charge in [0.15, 0.2) is 0 Å². The van der Waals surface area contributed by atoms with Gasteiger partial charge in [-0.3, -0.25) is 4.99 Å². The summed E-state index contributed by atoms with van der Waals surface area (Å²) in [6, 6.07) is 0. The number of hydrogen-bond donors (Lipinski definition) is 1. The van der Waals surface area contributed by atoms with Crippen LogP contribution in [0.5, 0.6) is 0 Å². The highest BCUT2D eigenvalue weighted by Gasteiger charge is 2.17. The van der Waals surface area contributed by atoms with E-state index in [9.17, 15) is 8.78 Å². The van der Waals surface area contributed by atoms with E-state index < -0.39 is 6.43 Å². The first kappa shape index (κ1) is 11.6. The molecule has 2 N–H and O–H groups in total. The largest absolute Gasteiger partial charge is 0.481 e. The van der Waals surface area contributed by atoms with Crippen molar-refractivity contribution in [2.75, 3.05) is 14.2 Å². The van der Waals surface area contributed by atoms with E-state index >= 15 is 0 Å². The lowest BCUT2D eigenvalue weighted by molar-refractivity contribution is 0.191. The average Bonchev–Trinajstić information content (AvgIpc) is 2.04. The predicted molar refractivity (Wildman–Crippen MR) is 47.8 cm³/mol. The molecule has 0 aromatic rings. The SMILES string of the molecule is C=C(N)/C=C(\C(=NC)OC)C(F)F. The first-order chi connectivity index (χ1) is 6.02. The number of nitrogens with zero attached hydrogens (tertiary/aromatic N) is 1. The standard InChI is InChI=1S/C8H12F2N2O/c1-5(11)4-6(7(9)10)8(12-2)13-3/h4,7H,1,11H2,2-3H3/b6-4-,12-8?. The van der Waals surface area contributed by atoms with Crippen molar-refractivity contribution in [3.63, 3.8) is 0 Å². The monoisotopic (exact) mass is 190 g/mol. The Hall–Kier alpha value is -1.39. The molecule has 0 aliphatic heterocycles. The Morgan fingerprint density at radius 2 is 2.15 bits per heavy atom. The van der Waals surface area contributed by atoms with E-state index in [0.29, 0.717) is 0 Å². The van der Waals surface area contributed by atoms with Crippen molar-refractivity contribution in [1.82, 2.24) is 0 Å². The van der Waals surface area contributed by atoms with Gasteiger partial charge in [0.2, 0.25) is 5.90 Å². The summed E-state index contributed by atoms with van der Waals surface area (Å²) in [6.07, 6.45) is -1.64. The lowest BCUT2D eigenvalue weighted by atomic mass is 10.2. The van der Waals surface area contributed by atoms with E-state index in [0.717, 1.165) is 6.08 Å². The predicted octanol–water partition coefficient (Wildman–Crippen LogP) is 1.33. The Labute approximate surface area is 75.6 Å². The molecule has 0 rings (SSSR count).